The number of hydrogen-bond donors (Lipinski definition) is 2. The number of amides is 2. The Hall–Kier alpha value is -2.50. The molecule has 100 valence electrons. The van der Waals surface area contributed by atoms with E-state index in [2.05, 4.69) is 17.2 Å². The molecule has 2 heterocycles. The summed E-state index contributed by atoms with van der Waals surface area (Å²) in [6, 6.07) is 3.43. The van der Waals surface area contributed by atoms with Gasteiger partial charge in [0.15, 0.2) is 5.58 Å². The van der Waals surface area contributed by atoms with E-state index in [0.717, 1.165) is 5.52 Å². The summed E-state index contributed by atoms with van der Waals surface area (Å²) in [7, 11) is 1.77. The quantitative estimate of drug-likeness (QED) is 0.782. The molecule has 0 aliphatic heterocycles. The van der Waals surface area contributed by atoms with Crippen molar-refractivity contribution in [2.75, 3.05) is 13.1 Å². The third-order valence-corrected chi connectivity index (χ3v) is 2.75. The van der Waals surface area contributed by atoms with Gasteiger partial charge in [0.05, 0.1) is 18.3 Å². The lowest BCUT2D eigenvalue weighted by Crippen LogP contribution is -2.37. The predicted molar refractivity (Wildman–Crippen MR) is 70.7 cm³/mol. The van der Waals surface area contributed by atoms with Crippen LogP contribution in [0.15, 0.2) is 35.5 Å². The van der Waals surface area contributed by atoms with Crippen molar-refractivity contribution in [3.63, 3.8) is 0 Å². The van der Waals surface area contributed by atoms with Gasteiger partial charge in [-0.05, 0) is 0 Å². The SMILES string of the molecule is C=CCNC(=O)CNC(=O)c1cc2occc2n1C. The number of furan rings is 1. The van der Waals surface area contributed by atoms with Crippen LogP contribution in [0.2, 0.25) is 0 Å². The maximum absolute atomic E-state index is 11.9. The molecule has 2 aromatic rings. The first-order valence-corrected chi connectivity index (χ1v) is 5.82. The third kappa shape index (κ3) is 2.67. The van der Waals surface area contributed by atoms with E-state index in [0.29, 0.717) is 17.8 Å². The highest BCUT2D eigenvalue weighted by Crippen LogP contribution is 2.19. The van der Waals surface area contributed by atoms with Gasteiger partial charge in [-0.15, -0.1) is 6.58 Å². The third-order valence-electron chi connectivity index (χ3n) is 2.75. The normalized spacial score (nSPS) is 10.4. The maximum atomic E-state index is 11.9. The molecule has 2 aromatic heterocycles. The molecule has 2 rings (SSSR count). The number of nitrogens with zero attached hydrogens (tertiary/aromatic N) is 1. The number of aromatic nitrogens is 1. The van der Waals surface area contributed by atoms with E-state index in [1.54, 1.807) is 36.1 Å². The average Bonchev–Trinajstić information content (AvgIpc) is 2.97. The fraction of sp³-hybridized carbons (Fsp3) is 0.231. The number of carbonyl (C=O) groups excluding carboxylic acids is 2. The van der Waals surface area contributed by atoms with E-state index in [-0.39, 0.29) is 18.4 Å². The Morgan fingerprint density at radius 3 is 2.95 bits per heavy atom. The van der Waals surface area contributed by atoms with E-state index in [1.165, 1.54) is 0 Å². The molecule has 0 radical (unpaired) electrons. The second-order valence-electron chi connectivity index (χ2n) is 4.03. The van der Waals surface area contributed by atoms with Crippen LogP contribution in [0.1, 0.15) is 10.5 Å². The molecule has 0 aliphatic rings. The number of fused-ring (bicyclic) bond motifs is 1. The number of hydrogen-bond acceptors (Lipinski definition) is 3. The highest BCUT2D eigenvalue weighted by atomic mass is 16.3. The number of rotatable bonds is 5. The molecule has 19 heavy (non-hydrogen) atoms. The van der Waals surface area contributed by atoms with Crippen molar-refractivity contribution in [1.82, 2.24) is 15.2 Å². The molecule has 0 aliphatic carbocycles. The van der Waals surface area contributed by atoms with Crippen LogP contribution in [0.4, 0.5) is 0 Å². The molecule has 6 nitrogen and oxygen atoms in total. The smallest absolute Gasteiger partial charge is 0.268 e. The Balaban J connectivity index is 2.00. The van der Waals surface area contributed by atoms with Crippen LogP contribution in [0.25, 0.3) is 11.1 Å². The Kier molecular flexibility index (Phi) is 3.70. The zero-order chi connectivity index (χ0) is 13.8. The van der Waals surface area contributed by atoms with E-state index < -0.39 is 0 Å². The topological polar surface area (TPSA) is 76.3 Å². The van der Waals surface area contributed by atoms with E-state index in [4.69, 9.17) is 4.42 Å². The zero-order valence-electron chi connectivity index (χ0n) is 10.6. The zero-order valence-corrected chi connectivity index (χ0v) is 10.6. The first-order valence-electron chi connectivity index (χ1n) is 5.82. The molecule has 2 N–H and O–H groups in total. The standard InChI is InChI=1S/C13H15N3O3/c1-3-5-14-12(17)8-15-13(18)10-7-11-9(16(10)2)4-6-19-11/h3-4,6-7H,1,5,8H2,2H3,(H,14,17)(H,15,18). The lowest BCUT2D eigenvalue weighted by atomic mass is 10.4. The first kappa shape index (κ1) is 12.9. The second kappa shape index (κ2) is 5.43. The van der Waals surface area contributed by atoms with Gasteiger partial charge >= 0.3 is 0 Å². The van der Waals surface area contributed by atoms with Crippen LogP contribution < -0.4 is 10.6 Å². The maximum Gasteiger partial charge on any atom is 0.268 e. The number of aryl methyl sites for hydroxylation is 1. The fourth-order valence-electron chi connectivity index (χ4n) is 1.77. The number of nitrogens with one attached hydrogen (secondary N) is 2. The highest BCUT2D eigenvalue weighted by molar-refractivity contribution is 5.99. The molecule has 0 unspecified atom stereocenters. The Morgan fingerprint density at radius 1 is 1.47 bits per heavy atom. The van der Waals surface area contributed by atoms with Gasteiger partial charge in [-0.2, -0.15) is 0 Å². The minimum Gasteiger partial charge on any atom is -0.463 e. The van der Waals surface area contributed by atoms with Gasteiger partial charge in [-0.1, -0.05) is 6.08 Å². The van der Waals surface area contributed by atoms with Gasteiger partial charge in [0.25, 0.3) is 5.91 Å². The van der Waals surface area contributed by atoms with Crippen molar-refractivity contribution in [1.29, 1.82) is 0 Å². The minimum atomic E-state index is -0.317. The van der Waals surface area contributed by atoms with E-state index in [1.807, 2.05) is 0 Å². The largest absolute Gasteiger partial charge is 0.463 e. The van der Waals surface area contributed by atoms with Crippen LogP contribution in [-0.2, 0) is 11.8 Å². The molecule has 2 amide bonds. The predicted octanol–water partition coefficient (Wildman–Crippen LogP) is 0.803. The van der Waals surface area contributed by atoms with Gasteiger partial charge in [0, 0.05) is 25.7 Å². The van der Waals surface area contributed by atoms with Crippen molar-refractivity contribution in [2.24, 2.45) is 7.05 Å². The molecule has 0 spiro atoms. The first-order chi connectivity index (χ1) is 9.13. The Bertz CT molecular complexity index is 624. The van der Waals surface area contributed by atoms with Crippen molar-refractivity contribution in [3.05, 3.63) is 36.7 Å². The van der Waals surface area contributed by atoms with E-state index in [9.17, 15) is 9.59 Å². The monoisotopic (exact) mass is 261 g/mol. The molecule has 0 aromatic carbocycles. The summed E-state index contributed by atoms with van der Waals surface area (Å²) in [5.74, 6) is -0.575. The van der Waals surface area contributed by atoms with Crippen molar-refractivity contribution >= 4 is 22.9 Å². The summed E-state index contributed by atoms with van der Waals surface area (Å²) >= 11 is 0. The minimum absolute atomic E-state index is 0.0702. The molecular formula is C13H15N3O3. The molecule has 0 saturated heterocycles. The van der Waals surface area contributed by atoms with Gasteiger partial charge in [0.2, 0.25) is 5.91 Å². The van der Waals surface area contributed by atoms with Gasteiger partial charge < -0.3 is 19.6 Å². The molecule has 0 atom stereocenters. The Labute approximate surface area is 110 Å². The van der Waals surface area contributed by atoms with Crippen molar-refractivity contribution in [3.8, 4) is 0 Å². The second-order valence-corrected chi connectivity index (χ2v) is 4.03. The molecule has 0 fully saturated rings. The van der Waals surface area contributed by atoms with Crippen molar-refractivity contribution < 1.29 is 14.0 Å². The summed E-state index contributed by atoms with van der Waals surface area (Å²) in [5, 5.41) is 5.13. The summed E-state index contributed by atoms with van der Waals surface area (Å²) in [4.78, 5) is 23.3. The molecule has 0 bridgehead atoms. The summed E-state index contributed by atoms with van der Waals surface area (Å²) in [6.45, 7) is 3.80. The van der Waals surface area contributed by atoms with Crippen LogP contribution >= 0.6 is 0 Å². The molecular weight excluding hydrogens is 246 g/mol. The number of carbonyl (C=O) groups is 2. The van der Waals surface area contributed by atoms with Crippen LogP contribution in [0, 0.1) is 0 Å². The lowest BCUT2D eigenvalue weighted by molar-refractivity contribution is -0.119. The molecule has 0 saturated carbocycles. The lowest BCUT2D eigenvalue weighted by Gasteiger charge is -2.06. The van der Waals surface area contributed by atoms with Crippen molar-refractivity contribution in [2.45, 2.75) is 0 Å². The summed E-state index contributed by atoms with van der Waals surface area (Å²) < 4.78 is 6.94. The molecule has 6 heteroatoms. The van der Waals surface area contributed by atoms with Crippen LogP contribution in [-0.4, -0.2) is 29.5 Å². The van der Waals surface area contributed by atoms with Gasteiger partial charge in [-0.3, -0.25) is 9.59 Å². The summed E-state index contributed by atoms with van der Waals surface area (Å²) in [5.41, 5.74) is 1.93. The van der Waals surface area contributed by atoms with Crippen LogP contribution in [0.5, 0.6) is 0 Å². The van der Waals surface area contributed by atoms with Gasteiger partial charge in [0.1, 0.15) is 5.69 Å². The Morgan fingerprint density at radius 2 is 2.26 bits per heavy atom. The summed E-state index contributed by atoms with van der Waals surface area (Å²) in [6.07, 6.45) is 3.14. The average molecular weight is 261 g/mol. The van der Waals surface area contributed by atoms with E-state index >= 15 is 0 Å². The highest BCUT2D eigenvalue weighted by Gasteiger charge is 2.15. The van der Waals surface area contributed by atoms with Gasteiger partial charge in [-0.25, -0.2) is 0 Å². The van der Waals surface area contributed by atoms with Crippen LogP contribution in [0.3, 0.4) is 0 Å². The fourth-order valence-corrected chi connectivity index (χ4v) is 1.77.